The molecule has 0 atom stereocenters. The number of rotatable bonds is 5. The van der Waals surface area contributed by atoms with Gasteiger partial charge in [-0.2, -0.15) is 0 Å². The lowest BCUT2D eigenvalue weighted by Gasteiger charge is -2.26. The summed E-state index contributed by atoms with van der Waals surface area (Å²) in [6.07, 6.45) is 5.08. The van der Waals surface area contributed by atoms with Crippen LogP contribution in [0.1, 0.15) is 35.4 Å². The van der Waals surface area contributed by atoms with Crippen LogP contribution in [-0.4, -0.2) is 59.8 Å². The molecule has 1 aromatic rings. The first-order chi connectivity index (χ1) is 9.80. The van der Waals surface area contributed by atoms with E-state index in [-0.39, 0.29) is 10.9 Å². The maximum atomic E-state index is 11.7. The fraction of sp³-hybridized carbons (Fsp3) is 0.692. The van der Waals surface area contributed by atoms with E-state index in [0.717, 1.165) is 38.7 Å². The van der Waals surface area contributed by atoms with E-state index in [4.69, 9.17) is 0 Å². The summed E-state index contributed by atoms with van der Waals surface area (Å²) in [5.41, 5.74) is 0.309. The third kappa shape index (κ3) is 3.62. The molecule has 2 rings (SSSR count). The van der Waals surface area contributed by atoms with Gasteiger partial charge in [0.1, 0.15) is 0 Å². The van der Waals surface area contributed by atoms with Gasteiger partial charge in [0.2, 0.25) is 15.0 Å². The van der Waals surface area contributed by atoms with Gasteiger partial charge in [-0.25, -0.2) is 18.2 Å². The van der Waals surface area contributed by atoms with Crippen LogP contribution in [0.4, 0.5) is 0 Å². The van der Waals surface area contributed by atoms with Crippen molar-refractivity contribution in [3.05, 3.63) is 11.4 Å². The number of piperidine rings is 1. The normalized spacial score (nSPS) is 17.0. The van der Waals surface area contributed by atoms with Crippen LogP contribution < -0.4 is 0 Å². The molecular formula is C13H21N3O4S. The van der Waals surface area contributed by atoms with Crippen LogP contribution in [0.15, 0.2) is 5.16 Å². The molecule has 0 aliphatic carbocycles. The molecule has 1 fully saturated rings. The summed E-state index contributed by atoms with van der Waals surface area (Å²) in [6.45, 7) is 2.75. The summed E-state index contributed by atoms with van der Waals surface area (Å²) in [6, 6.07) is 0. The van der Waals surface area contributed by atoms with E-state index in [0.29, 0.717) is 12.1 Å². The lowest BCUT2D eigenvalue weighted by atomic mass is 10.1. The molecule has 0 bridgehead atoms. The van der Waals surface area contributed by atoms with Gasteiger partial charge in [0.15, 0.2) is 5.69 Å². The van der Waals surface area contributed by atoms with Crippen molar-refractivity contribution >= 4 is 15.8 Å². The third-order valence-electron chi connectivity index (χ3n) is 3.82. The van der Waals surface area contributed by atoms with Crippen LogP contribution >= 0.6 is 0 Å². The monoisotopic (exact) mass is 315 g/mol. The van der Waals surface area contributed by atoms with Crippen molar-refractivity contribution in [1.82, 2.24) is 14.5 Å². The molecule has 21 heavy (non-hydrogen) atoms. The Morgan fingerprint density at radius 2 is 1.90 bits per heavy atom. The highest BCUT2D eigenvalue weighted by Gasteiger charge is 2.25. The minimum Gasteiger partial charge on any atom is -0.476 e. The van der Waals surface area contributed by atoms with Gasteiger partial charge in [0, 0.05) is 26.3 Å². The van der Waals surface area contributed by atoms with Gasteiger partial charge in [-0.1, -0.05) is 6.42 Å². The Kier molecular flexibility index (Phi) is 4.67. The molecule has 0 spiro atoms. The second-order valence-electron chi connectivity index (χ2n) is 5.48. The van der Waals surface area contributed by atoms with Crippen molar-refractivity contribution in [2.45, 2.75) is 30.8 Å². The molecule has 118 valence electrons. The lowest BCUT2D eigenvalue weighted by molar-refractivity contribution is 0.0689. The number of nitrogens with zero attached hydrogens (tertiary/aromatic N) is 3. The van der Waals surface area contributed by atoms with Crippen molar-refractivity contribution in [2.24, 2.45) is 7.05 Å². The first-order valence-corrected chi connectivity index (χ1v) is 8.91. The highest BCUT2D eigenvalue weighted by atomic mass is 32.2. The highest BCUT2D eigenvalue weighted by Crippen LogP contribution is 2.17. The molecule has 0 unspecified atom stereocenters. The summed E-state index contributed by atoms with van der Waals surface area (Å²) >= 11 is 0. The maximum absolute atomic E-state index is 11.7. The highest BCUT2D eigenvalue weighted by molar-refractivity contribution is 7.90. The number of hydrogen-bond donors (Lipinski definition) is 1. The Hall–Kier alpha value is -1.41. The molecule has 1 aromatic heterocycles. The second-order valence-corrected chi connectivity index (χ2v) is 7.39. The van der Waals surface area contributed by atoms with E-state index in [1.807, 2.05) is 0 Å². The fourth-order valence-electron chi connectivity index (χ4n) is 2.75. The van der Waals surface area contributed by atoms with E-state index in [2.05, 4.69) is 9.88 Å². The number of imidazole rings is 1. The van der Waals surface area contributed by atoms with Crippen molar-refractivity contribution in [2.75, 3.05) is 25.9 Å². The van der Waals surface area contributed by atoms with Gasteiger partial charge in [-0.3, -0.25) is 0 Å². The van der Waals surface area contributed by atoms with E-state index in [1.165, 1.54) is 11.0 Å². The largest absolute Gasteiger partial charge is 0.476 e. The second kappa shape index (κ2) is 6.15. The number of carboxylic acids is 1. The van der Waals surface area contributed by atoms with Crippen molar-refractivity contribution in [3.63, 3.8) is 0 Å². The van der Waals surface area contributed by atoms with Crippen LogP contribution in [-0.2, 0) is 23.3 Å². The number of carboxylic acid groups (broad SMARTS) is 1. The minimum absolute atomic E-state index is 0.157. The van der Waals surface area contributed by atoms with Crippen LogP contribution in [0, 0.1) is 0 Å². The van der Waals surface area contributed by atoms with Gasteiger partial charge < -0.3 is 14.6 Å². The Morgan fingerprint density at radius 3 is 2.43 bits per heavy atom. The summed E-state index contributed by atoms with van der Waals surface area (Å²) < 4.78 is 24.7. The molecule has 0 amide bonds. The smallest absolute Gasteiger partial charge is 0.356 e. The number of hydrogen-bond acceptors (Lipinski definition) is 5. The van der Waals surface area contributed by atoms with Gasteiger partial charge >= 0.3 is 5.97 Å². The zero-order valence-electron chi connectivity index (χ0n) is 12.4. The first-order valence-electron chi connectivity index (χ1n) is 7.02. The summed E-state index contributed by atoms with van der Waals surface area (Å²) in [4.78, 5) is 17.4. The predicted molar refractivity (Wildman–Crippen MR) is 77.3 cm³/mol. The number of carbonyl (C=O) groups is 1. The third-order valence-corrected chi connectivity index (χ3v) is 4.85. The molecule has 7 nitrogen and oxygen atoms in total. The number of aromatic nitrogens is 2. The van der Waals surface area contributed by atoms with Gasteiger partial charge in [-0.05, 0) is 25.9 Å². The van der Waals surface area contributed by atoms with Crippen LogP contribution in [0.5, 0.6) is 0 Å². The molecule has 1 N–H and O–H groups in total. The molecule has 0 radical (unpaired) electrons. The number of likely N-dealkylation sites (tertiary alicyclic amines) is 1. The first kappa shape index (κ1) is 16.0. The van der Waals surface area contributed by atoms with Gasteiger partial charge in [-0.15, -0.1) is 0 Å². The van der Waals surface area contributed by atoms with Crippen molar-refractivity contribution < 1.29 is 18.3 Å². The number of aromatic carboxylic acids is 1. The summed E-state index contributed by atoms with van der Waals surface area (Å²) in [5, 5.41) is 9.04. The quantitative estimate of drug-likeness (QED) is 0.853. The predicted octanol–water partition coefficient (Wildman–Crippen LogP) is 0.550. The van der Waals surface area contributed by atoms with E-state index in [1.54, 1.807) is 7.05 Å². The summed E-state index contributed by atoms with van der Waals surface area (Å²) in [5.74, 6) is -1.19. The Labute approximate surface area is 124 Å². The Bertz CT molecular complexity index is 630. The van der Waals surface area contributed by atoms with Gasteiger partial charge in [0.05, 0.1) is 5.69 Å². The number of sulfone groups is 1. The topological polar surface area (TPSA) is 92.5 Å². The maximum Gasteiger partial charge on any atom is 0.356 e. The van der Waals surface area contributed by atoms with Crippen molar-refractivity contribution in [1.29, 1.82) is 0 Å². The SMILES string of the molecule is Cn1c(S(C)(=O)=O)nc(C(=O)O)c1CCN1CCCCC1. The fourth-order valence-corrected chi connectivity index (χ4v) is 3.61. The van der Waals surface area contributed by atoms with E-state index in [9.17, 15) is 18.3 Å². The zero-order valence-corrected chi connectivity index (χ0v) is 13.2. The van der Waals surface area contributed by atoms with Crippen LogP contribution in [0.3, 0.4) is 0 Å². The average molecular weight is 315 g/mol. The van der Waals surface area contributed by atoms with E-state index < -0.39 is 15.8 Å². The molecular weight excluding hydrogens is 294 g/mol. The van der Waals surface area contributed by atoms with Crippen LogP contribution in [0.25, 0.3) is 0 Å². The Balaban J connectivity index is 2.24. The molecule has 0 saturated carbocycles. The molecule has 2 heterocycles. The van der Waals surface area contributed by atoms with Gasteiger partial charge in [0.25, 0.3) is 0 Å². The molecule has 0 aromatic carbocycles. The average Bonchev–Trinajstić information content (AvgIpc) is 2.75. The standard InChI is InChI=1S/C13H21N3O4S/c1-15-10(6-9-16-7-4-3-5-8-16)11(12(17)18)14-13(15)21(2,19)20/h3-9H2,1-2H3,(H,17,18). The molecule has 1 aliphatic rings. The molecule has 1 aliphatic heterocycles. The zero-order chi connectivity index (χ0) is 15.6. The van der Waals surface area contributed by atoms with E-state index >= 15 is 0 Å². The van der Waals surface area contributed by atoms with Crippen molar-refractivity contribution in [3.8, 4) is 0 Å². The Morgan fingerprint density at radius 1 is 1.29 bits per heavy atom. The lowest BCUT2D eigenvalue weighted by Crippen LogP contribution is -2.32. The minimum atomic E-state index is -3.54. The molecule has 8 heteroatoms. The molecule has 1 saturated heterocycles. The summed E-state index contributed by atoms with van der Waals surface area (Å²) in [7, 11) is -1.98. The van der Waals surface area contributed by atoms with Crippen LogP contribution in [0.2, 0.25) is 0 Å².